The van der Waals surface area contributed by atoms with Gasteiger partial charge in [0.05, 0.1) is 0 Å². The maximum atomic E-state index is 2.44. The SMILES string of the molecule is C/C=C(\C)C(/C(C)=C/C)C(/C=C\CC1=CCCC=C1)CC. The maximum absolute atomic E-state index is 2.44. The standard InChI is InChI=1S/C21H32/c1-6-17(4)21(18(5)7-2)20(8-3)16-12-15-19-13-10-9-11-14-19/h6-7,10,12-14,16,20-21H,8-9,11,15H2,1-5H3/b16-12-,17-6+,18-7+. The fraction of sp³-hybridized carbons (Fsp3) is 0.524. The predicted octanol–water partition coefficient (Wildman–Crippen LogP) is 6.78. The van der Waals surface area contributed by atoms with Gasteiger partial charge in [0.1, 0.15) is 0 Å². The van der Waals surface area contributed by atoms with Gasteiger partial charge in [-0.25, -0.2) is 0 Å². The van der Waals surface area contributed by atoms with E-state index in [0.29, 0.717) is 11.8 Å². The molecule has 0 amide bonds. The first-order chi connectivity index (χ1) is 10.1. The van der Waals surface area contributed by atoms with Crippen molar-refractivity contribution in [2.75, 3.05) is 0 Å². The molecule has 0 N–H and O–H groups in total. The van der Waals surface area contributed by atoms with Crippen molar-refractivity contribution in [2.45, 2.75) is 60.3 Å². The summed E-state index contributed by atoms with van der Waals surface area (Å²) in [4.78, 5) is 0. The molecule has 0 spiro atoms. The molecule has 1 aliphatic rings. The average molecular weight is 284 g/mol. The monoisotopic (exact) mass is 284 g/mol. The van der Waals surface area contributed by atoms with E-state index in [2.05, 4.69) is 77.2 Å². The van der Waals surface area contributed by atoms with Crippen molar-refractivity contribution in [3.63, 3.8) is 0 Å². The van der Waals surface area contributed by atoms with Gasteiger partial charge in [-0.15, -0.1) is 0 Å². The third kappa shape index (κ3) is 5.53. The lowest BCUT2D eigenvalue weighted by Gasteiger charge is -2.26. The van der Waals surface area contributed by atoms with Crippen LogP contribution >= 0.6 is 0 Å². The molecule has 0 bridgehead atoms. The molecule has 0 aromatic heterocycles. The summed E-state index contributed by atoms with van der Waals surface area (Å²) in [7, 11) is 0. The van der Waals surface area contributed by atoms with Gasteiger partial charge in [0, 0.05) is 5.92 Å². The zero-order chi connectivity index (χ0) is 15.7. The van der Waals surface area contributed by atoms with Gasteiger partial charge in [-0.3, -0.25) is 0 Å². The van der Waals surface area contributed by atoms with Crippen LogP contribution in [0.3, 0.4) is 0 Å². The highest BCUT2D eigenvalue weighted by Gasteiger charge is 2.20. The number of hydrogen-bond donors (Lipinski definition) is 0. The minimum Gasteiger partial charge on any atom is -0.0881 e. The minimum absolute atomic E-state index is 0.553. The van der Waals surface area contributed by atoms with Crippen LogP contribution in [0.25, 0.3) is 0 Å². The van der Waals surface area contributed by atoms with E-state index < -0.39 is 0 Å². The van der Waals surface area contributed by atoms with E-state index in [1.807, 2.05) is 0 Å². The maximum Gasteiger partial charge on any atom is 0.00639 e. The lowest BCUT2D eigenvalue weighted by Crippen LogP contribution is -2.15. The highest BCUT2D eigenvalue weighted by atomic mass is 14.2. The summed E-state index contributed by atoms with van der Waals surface area (Å²) in [5.74, 6) is 1.16. The molecule has 0 nitrogen and oxygen atoms in total. The number of allylic oxidation sites excluding steroid dienone is 10. The predicted molar refractivity (Wildman–Crippen MR) is 96.3 cm³/mol. The fourth-order valence-electron chi connectivity index (χ4n) is 3.07. The van der Waals surface area contributed by atoms with E-state index in [1.54, 1.807) is 0 Å². The molecule has 0 fully saturated rings. The Hall–Kier alpha value is -1.30. The summed E-state index contributed by atoms with van der Waals surface area (Å²) >= 11 is 0. The second kappa shape index (κ2) is 9.60. The lowest BCUT2D eigenvalue weighted by atomic mass is 9.79. The lowest BCUT2D eigenvalue weighted by molar-refractivity contribution is 0.493. The van der Waals surface area contributed by atoms with Crippen LogP contribution in [0.15, 0.2) is 59.3 Å². The Bertz CT molecular complexity index is 436. The molecule has 0 aromatic rings. The Labute approximate surface area is 132 Å². The van der Waals surface area contributed by atoms with Gasteiger partial charge in [-0.2, -0.15) is 0 Å². The van der Waals surface area contributed by atoms with Gasteiger partial charge in [0.15, 0.2) is 0 Å². The molecule has 0 saturated carbocycles. The quantitative estimate of drug-likeness (QED) is 0.452. The molecule has 1 unspecified atom stereocenters. The Morgan fingerprint density at radius 1 is 1.14 bits per heavy atom. The third-order valence-corrected chi connectivity index (χ3v) is 4.60. The summed E-state index contributed by atoms with van der Waals surface area (Å²) in [6.45, 7) is 11.1. The second-order valence-corrected chi connectivity index (χ2v) is 6.01. The molecule has 0 aromatic carbocycles. The Kier molecular flexibility index (Phi) is 8.12. The van der Waals surface area contributed by atoms with Crippen LogP contribution in [-0.2, 0) is 0 Å². The van der Waals surface area contributed by atoms with Crippen molar-refractivity contribution in [1.82, 2.24) is 0 Å². The molecule has 1 aliphatic carbocycles. The van der Waals surface area contributed by atoms with Crippen LogP contribution in [0.5, 0.6) is 0 Å². The van der Waals surface area contributed by atoms with Gasteiger partial charge in [-0.05, 0) is 64.9 Å². The molecule has 0 saturated heterocycles. The minimum atomic E-state index is 0.553. The van der Waals surface area contributed by atoms with Crippen molar-refractivity contribution in [3.05, 3.63) is 59.3 Å². The topological polar surface area (TPSA) is 0 Å². The average Bonchev–Trinajstić information content (AvgIpc) is 2.53. The van der Waals surface area contributed by atoms with Gasteiger partial charge < -0.3 is 0 Å². The van der Waals surface area contributed by atoms with Crippen LogP contribution in [0.2, 0.25) is 0 Å². The fourth-order valence-corrected chi connectivity index (χ4v) is 3.07. The summed E-state index contributed by atoms with van der Waals surface area (Å²) in [5.41, 5.74) is 4.44. The van der Waals surface area contributed by atoms with E-state index in [0.717, 1.165) is 6.42 Å². The smallest absolute Gasteiger partial charge is 0.00639 e. The number of rotatable bonds is 7. The molecule has 0 aliphatic heterocycles. The largest absolute Gasteiger partial charge is 0.0881 e. The van der Waals surface area contributed by atoms with Crippen molar-refractivity contribution >= 4 is 0 Å². The van der Waals surface area contributed by atoms with Crippen LogP contribution in [0.1, 0.15) is 60.3 Å². The molecule has 1 atom stereocenters. The zero-order valence-electron chi connectivity index (χ0n) is 14.5. The first-order valence-electron chi connectivity index (χ1n) is 8.41. The second-order valence-electron chi connectivity index (χ2n) is 6.01. The van der Waals surface area contributed by atoms with E-state index in [4.69, 9.17) is 0 Å². The van der Waals surface area contributed by atoms with E-state index in [1.165, 1.54) is 36.0 Å². The van der Waals surface area contributed by atoms with E-state index in [-0.39, 0.29) is 0 Å². The summed E-state index contributed by atoms with van der Waals surface area (Å²) < 4.78 is 0. The van der Waals surface area contributed by atoms with Gasteiger partial charge in [0.2, 0.25) is 0 Å². The molecule has 0 radical (unpaired) electrons. The van der Waals surface area contributed by atoms with Crippen molar-refractivity contribution < 1.29 is 0 Å². The summed E-state index contributed by atoms with van der Waals surface area (Å²) in [5, 5.41) is 0. The first-order valence-corrected chi connectivity index (χ1v) is 8.41. The van der Waals surface area contributed by atoms with Crippen molar-refractivity contribution in [2.24, 2.45) is 11.8 Å². The van der Waals surface area contributed by atoms with Crippen LogP contribution < -0.4 is 0 Å². The van der Waals surface area contributed by atoms with Gasteiger partial charge >= 0.3 is 0 Å². The molecule has 21 heavy (non-hydrogen) atoms. The molecule has 0 heterocycles. The molecule has 1 rings (SSSR count). The van der Waals surface area contributed by atoms with Gasteiger partial charge in [-0.1, -0.05) is 60.6 Å². The highest BCUT2D eigenvalue weighted by Crippen LogP contribution is 2.31. The zero-order valence-corrected chi connectivity index (χ0v) is 14.5. The summed E-state index contributed by atoms with van der Waals surface area (Å²) in [6.07, 6.45) is 20.9. The van der Waals surface area contributed by atoms with Crippen molar-refractivity contribution in [1.29, 1.82) is 0 Å². The van der Waals surface area contributed by atoms with Gasteiger partial charge in [0.25, 0.3) is 0 Å². The molecule has 116 valence electrons. The van der Waals surface area contributed by atoms with Crippen LogP contribution in [0.4, 0.5) is 0 Å². The highest BCUT2D eigenvalue weighted by molar-refractivity contribution is 5.26. The number of hydrogen-bond acceptors (Lipinski definition) is 0. The molecular weight excluding hydrogens is 252 g/mol. The first kappa shape index (κ1) is 17.8. The van der Waals surface area contributed by atoms with Crippen molar-refractivity contribution in [3.8, 4) is 0 Å². The Balaban J connectivity index is 2.79. The van der Waals surface area contributed by atoms with Crippen LogP contribution in [-0.4, -0.2) is 0 Å². The van der Waals surface area contributed by atoms with E-state index in [9.17, 15) is 0 Å². The normalized spacial score (nSPS) is 19.8. The third-order valence-electron chi connectivity index (χ3n) is 4.60. The van der Waals surface area contributed by atoms with E-state index >= 15 is 0 Å². The van der Waals surface area contributed by atoms with Crippen LogP contribution in [0, 0.1) is 11.8 Å². The summed E-state index contributed by atoms with van der Waals surface area (Å²) in [6, 6.07) is 0. The molecule has 0 heteroatoms. The Morgan fingerprint density at radius 2 is 1.81 bits per heavy atom. The molecular formula is C21H32. The Morgan fingerprint density at radius 3 is 2.29 bits per heavy atom.